The summed E-state index contributed by atoms with van der Waals surface area (Å²) in [5.74, 6) is -0.513. The van der Waals surface area contributed by atoms with E-state index in [1.165, 1.54) is 14.1 Å². The van der Waals surface area contributed by atoms with Crippen LogP contribution in [0.2, 0.25) is 0 Å². The Labute approximate surface area is 88.8 Å². The molecular formula is C9H17N3O3. The number of nitrogens with one attached hydrogen (secondary N) is 3. The molecule has 0 radical (unpaired) electrons. The molecule has 0 fully saturated rings. The molecule has 0 aliphatic heterocycles. The normalized spacial score (nSPS) is 9.20. The maximum atomic E-state index is 11.1. The third kappa shape index (κ3) is 7.48. The lowest BCUT2D eigenvalue weighted by atomic mass is 10.3. The number of hydrogen-bond donors (Lipinski definition) is 3. The zero-order valence-electron chi connectivity index (χ0n) is 9.05. The molecule has 6 nitrogen and oxygen atoms in total. The minimum Gasteiger partial charge on any atom is -0.359 e. The third-order valence-electron chi connectivity index (χ3n) is 1.81. The molecule has 0 atom stereocenters. The van der Waals surface area contributed by atoms with E-state index in [-0.39, 0.29) is 37.0 Å². The fourth-order valence-corrected chi connectivity index (χ4v) is 0.881. The van der Waals surface area contributed by atoms with Crippen molar-refractivity contribution >= 4 is 17.7 Å². The Kier molecular flexibility index (Phi) is 6.96. The van der Waals surface area contributed by atoms with Gasteiger partial charge in [-0.25, -0.2) is 0 Å². The van der Waals surface area contributed by atoms with E-state index in [1.807, 2.05) is 0 Å². The monoisotopic (exact) mass is 215 g/mol. The summed E-state index contributed by atoms with van der Waals surface area (Å²) >= 11 is 0. The standard InChI is InChI=1S/C9H17N3O3/c1-10-7(13)3-4-9(15)12-6-5-8(14)11-2/h3-6H2,1-2H3,(H,10,13)(H,11,14)(H,12,15). The molecule has 0 heterocycles. The highest BCUT2D eigenvalue weighted by Crippen LogP contribution is 1.88. The van der Waals surface area contributed by atoms with Crippen LogP contribution in [0.1, 0.15) is 19.3 Å². The first-order chi connectivity index (χ1) is 7.10. The summed E-state index contributed by atoms with van der Waals surface area (Å²) < 4.78 is 0. The van der Waals surface area contributed by atoms with Gasteiger partial charge < -0.3 is 16.0 Å². The largest absolute Gasteiger partial charge is 0.359 e. The van der Waals surface area contributed by atoms with Gasteiger partial charge in [-0.3, -0.25) is 14.4 Å². The highest BCUT2D eigenvalue weighted by molar-refractivity contribution is 5.84. The first-order valence-electron chi connectivity index (χ1n) is 4.78. The zero-order chi connectivity index (χ0) is 11.7. The van der Waals surface area contributed by atoms with Gasteiger partial charge in [0, 0.05) is 39.9 Å². The first-order valence-corrected chi connectivity index (χ1v) is 4.78. The molecule has 0 aromatic carbocycles. The molecule has 0 aliphatic rings. The van der Waals surface area contributed by atoms with Crippen LogP contribution in [0, 0.1) is 0 Å². The molecule has 0 spiro atoms. The van der Waals surface area contributed by atoms with Gasteiger partial charge in [-0.2, -0.15) is 0 Å². The number of amides is 3. The van der Waals surface area contributed by atoms with Gasteiger partial charge in [0.2, 0.25) is 17.7 Å². The summed E-state index contributed by atoms with van der Waals surface area (Å²) in [4.78, 5) is 32.7. The lowest BCUT2D eigenvalue weighted by Gasteiger charge is -2.03. The van der Waals surface area contributed by atoms with Gasteiger partial charge >= 0.3 is 0 Å². The SMILES string of the molecule is CNC(=O)CCNC(=O)CCC(=O)NC. The van der Waals surface area contributed by atoms with Gasteiger partial charge in [0.05, 0.1) is 0 Å². The molecule has 0 aromatic heterocycles. The van der Waals surface area contributed by atoms with Crippen LogP contribution >= 0.6 is 0 Å². The molecule has 0 saturated carbocycles. The molecule has 15 heavy (non-hydrogen) atoms. The van der Waals surface area contributed by atoms with Crippen LogP contribution in [-0.4, -0.2) is 38.4 Å². The van der Waals surface area contributed by atoms with Gasteiger partial charge in [-0.1, -0.05) is 0 Å². The number of carbonyl (C=O) groups excluding carboxylic acids is 3. The van der Waals surface area contributed by atoms with E-state index in [1.54, 1.807) is 0 Å². The van der Waals surface area contributed by atoms with Crippen molar-refractivity contribution in [2.24, 2.45) is 0 Å². The lowest BCUT2D eigenvalue weighted by molar-refractivity contribution is -0.126. The van der Waals surface area contributed by atoms with E-state index in [2.05, 4.69) is 16.0 Å². The highest BCUT2D eigenvalue weighted by atomic mass is 16.2. The molecule has 0 unspecified atom stereocenters. The van der Waals surface area contributed by atoms with E-state index >= 15 is 0 Å². The van der Waals surface area contributed by atoms with Crippen molar-refractivity contribution in [3.05, 3.63) is 0 Å². The van der Waals surface area contributed by atoms with Gasteiger partial charge in [-0.15, -0.1) is 0 Å². The molecule has 3 amide bonds. The molecule has 0 saturated heterocycles. The minimum absolute atomic E-state index is 0.124. The average Bonchev–Trinajstić information content (AvgIpc) is 2.25. The van der Waals surface area contributed by atoms with E-state index in [0.717, 1.165) is 0 Å². The second-order valence-electron chi connectivity index (χ2n) is 2.95. The predicted molar refractivity (Wildman–Crippen MR) is 55.0 cm³/mol. The van der Waals surface area contributed by atoms with Crippen molar-refractivity contribution in [1.82, 2.24) is 16.0 Å². The molecule has 86 valence electrons. The number of hydrogen-bond acceptors (Lipinski definition) is 3. The minimum atomic E-state index is -0.220. The Morgan fingerprint density at radius 1 is 0.800 bits per heavy atom. The Balaban J connectivity index is 3.49. The van der Waals surface area contributed by atoms with E-state index in [9.17, 15) is 14.4 Å². The van der Waals surface area contributed by atoms with Crippen molar-refractivity contribution in [1.29, 1.82) is 0 Å². The van der Waals surface area contributed by atoms with Crippen LogP contribution in [0.25, 0.3) is 0 Å². The van der Waals surface area contributed by atoms with Crippen molar-refractivity contribution in [2.75, 3.05) is 20.6 Å². The Morgan fingerprint density at radius 3 is 1.80 bits per heavy atom. The van der Waals surface area contributed by atoms with Gasteiger partial charge in [0.25, 0.3) is 0 Å². The Hall–Kier alpha value is -1.59. The highest BCUT2D eigenvalue weighted by Gasteiger charge is 2.05. The number of carbonyl (C=O) groups is 3. The molecule has 0 bridgehead atoms. The summed E-state index contributed by atoms with van der Waals surface area (Å²) in [6.45, 7) is 0.298. The second-order valence-corrected chi connectivity index (χ2v) is 2.95. The quantitative estimate of drug-likeness (QED) is 0.518. The average molecular weight is 215 g/mol. The van der Waals surface area contributed by atoms with Crippen LogP contribution in [0.3, 0.4) is 0 Å². The summed E-state index contributed by atoms with van der Waals surface area (Å²) in [5.41, 5.74) is 0. The molecular weight excluding hydrogens is 198 g/mol. The topological polar surface area (TPSA) is 87.3 Å². The van der Waals surface area contributed by atoms with Crippen LogP contribution in [0.4, 0.5) is 0 Å². The van der Waals surface area contributed by atoms with E-state index in [4.69, 9.17) is 0 Å². The van der Waals surface area contributed by atoms with E-state index < -0.39 is 0 Å². The summed E-state index contributed by atoms with van der Waals surface area (Å²) in [5, 5.41) is 7.41. The predicted octanol–water partition coefficient (Wildman–Crippen LogP) is -1.24. The molecule has 3 N–H and O–H groups in total. The maximum absolute atomic E-state index is 11.1. The van der Waals surface area contributed by atoms with Gasteiger partial charge in [0.1, 0.15) is 0 Å². The molecule has 0 rings (SSSR count). The van der Waals surface area contributed by atoms with Crippen LogP contribution in [0.5, 0.6) is 0 Å². The summed E-state index contributed by atoms with van der Waals surface area (Å²) in [7, 11) is 3.06. The fourth-order valence-electron chi connectivity index (χ4n) is 0.881. The molecule has 0 aromatic rings. The van der Waals surface area contributed by atoms with Gasteiger partial charge in [-0.05, 0) is 0 Å². The zero-order valence-corrected chi connectivity index (χ0v) is 9.05. The lowest BCUT2D eigenvalue weighted by Crippen LogP contribution is -2.30. The fraction of sp³-hybridized carbons (Fsp3) is 0.667. The third-order valence-corrected chi connectivity index (χ3v) is 1.81. The first kappa shape index (κ1) is 13.4. The smallest absolute Gasteiger partial charge is 0.221 e. The Bertz CT molecular complexity index is 241. The van der Waals surface area contributed by atoms with E-state index in [0.29, 0.717) is 6.54 Å². The van der Waals surface area contributed by atoms with Crippen LogP contribution in [-0.2, 0) is 14.4 Å². The van der Waals surface area contributed by atoms with Crippen molar-refractivity contribution in [3.63, 3.8) is 0 Å². The summed E-state index contributed by atoms with van der Waals surface area (Å²) in [6, 6.07) is 0. The van der Waals surface area contributed by atoms with Gasteiger partial charge in [0.15, 0.2) is 0 Å². The number of rotatable bonds is 6. The molecule has 0 aliphatic carbocycles. The Morgan fingerprint density at radius 2 is 1.27 bits per heavy atom. The summed E-state index contributed by atoms with van der Waals surface area (Å²) in [6.07, 6.45) is 0.567. The van der Waals surface area contributed by atoms with Crippen LogP contribution in [0.15, 0.2) is 0 Å². The second kappa shape index (κ2) is 7.78. The maximum Gasteiger partial charge on any atom is 0.221 e. The van der Waals surface area contributed by atoms with Crippen molar-refractivity contribution in [3.8, 4) is 0 Å². The van der Waals surface area contributed by atoms with Crippen molar-refractivity contribution in [2.45, 2.75) is 19.3 Å². The van der Waals surface area contributed by atoms with Crippen molar-refractivity contribution < 1.29 is 14.4 Å². The van der Waals surface area contributed by atoms with Crippen LogP contribution < -0.4 is 16.0 Å². The molecule has 6 heteroatoms.